The van der Waals surface area contributed by atoms with Crippen molar-refractivity contribution in [2.75, 3.05) is 0 Å². The summed E-state index contributed by atoms with van der Waals surface area (Å²) < 4.78 is 0. The molecule has 16 heavy (non-hydrogen) atoms. The van der Waals surface area contributed by atoms with Gasteiger partial charge in [-0.2, -0.15) is 0 Å². The summed E-state index contributed by atoms with van der Waals surface area (Å²) in [6, 6.07) is 0. The van der Waals surface area contributed by atoms with Gasteiger partial charge in [-0.3, -0.25) is 0 Å². The van der Waals surface area contributed by atoms with Crippen LogP contribution in [0.25, 0.3) is 0 Å². The lowest BCUT2D eigenvalue weighted by Gasteiger charge is -2.37. The Balaban J connectivity index is 4.32. The summed E-state index contributed by atoms with van der Waals surface area (Å²) in [5, 5.41) is 0.534. The van der Waals surface area contributed by atoms with Crippen LogP contribution < -0.4 is 0 Å². The van der Waals surface area contributed by atoms with Crippen LogP contribution in [0.2, 0.25) is 0 Å². The van der Waals surface area contributed by atoms with E-state index in [-0.39, 0.29) is 0 Å². The Morgan fingerprint density at radius 1 is 0.875 bits per heavy atom. The lowest BCUT2D eigenvalue weighted by atomic mass is 9.79. The molecule has 0 amide bonds. The lowest BCUT2D eigenvalue weighted by molar-refractivity contribution is 0.295. The molecular weight excluding hydrogens is 211 g/mol. The molecule has 2 atom stereocenters. The second-order valence-electron chi connectivity index (χ2n) is 5.33. The SMILES string of the molecule is CCCCCC(CC)C(P)(CCC)CCC. The Kier molecular flexibility index (Phi) is 9.71. The predicted molar refractivity (Wildman–Crippen MR) is 80.2 cm³/mol. The minimum Gasteiger partial charge on any atom is -0.131 e. The maximum atomic E-state index is 3.23. The van der Waals surface area contributed by atoms with Crippen LogP contribution in [0.4, 0.5) is 0 Å². The smallest absolute Gasteiger partial charge is 0.0122 e. The van der Waals surface area contributed by atoms with Crippen LogP contribution in [0.15, 0.2) is 0 Å². The van der Waals surface area contributed by atoms with Gasteiger partial charge >= 0.3 is 0 Å². The molecule has 0 nitrogen and oxygen atoms in total. The molecule has 0 aliphatic rings. The van der Waals surface area contributed by atoms with Crippen LogP contribution in [0.1, 0.15) is 85.5 Å². The van der Waals surface area contributed by atoms with Gasteiger partial charge in [0.2, 0.25) is 0 Å². The van der Waals surface area contributed by atoms with Crippen LogP contribution >= 0.6 is 9.24 Å². The molecular formula is C15H33P. The van der Waals surface area contributed by atoms with Crippen LogP contribution in [-0.4, -0.2) is 5.16 Å². The summed E-state index contributed by atoms with van der Waals surface area (Å²) in [4.78, 5) is 0. The first kappa shape index (κ1) is 16.4. The average molecular weight is 244 g/mol. The fraction of sp³-hybridized carbons (Fsp3) is 1.00. The van der Waals surface area contributed by atoms with Crippen molar-refractivity contribution >= 4 is 9.24 Å². The first-order valence-electron chi connectivity index (χ1n) is 7.43. The quantitative estimate of drug-likeness (QED) is 0.336. The van der Waals surface area contributed by atoms with Crippen molar-refractivity contribution in [3.63, 3.8) is 0 Å². The minimum atomic E-state index is 0.534. The summed E-state index contributed by atoms with van der Waals surface area (Å²) in [5.41, 5.74) is 0. The first-order valence-corrected chi connectivity index (χ1v) is 8.01. The van der Waals surface area contributed by atoms with Crippen molar-refractivity contribution in [3.8, 4) is 0 Å². The van der Waals surface area contributed by atoms with Crippen molar-refractivity contribution in [3.05, 3.63) is 0 Å². The summed E-state index contributed by atoms with van der Waals surface area (Å²) in [5.74, 6) is 0.920. The Morgan fingerprint density at radius 3 is 1.81 bits per heavy atom. The van der Waals surface area contributed by atoms with Gasteiger partial charge in [-0.25, -0.2) is 0 Å². The zero-order valence-electron chi connectivity index (χ0n) is 12.0. The number of hydrogen-bond donors (Lipinski definition) is 0. The van der Waals surface area contributed by atoms with E-state index in [2.05, 4.69) is 36.9 Å². The molecule has 0 heterocycles. The van der Waals surface area contributed by atoms with E-state index in [1.807, 2.05) is 0 Å². The number of rotatable bonds is 10. The number of hydrogen-bond acceptors (Lipinski definition) is 0. The zero-order chi connectivity index (χ0) is 12.4. The molecule has 0 radical (unpaired) electrons. The highest BCUT2D eigenvalue weighted by Gasteiger charge is 2.30. The fourth-order valence-electron chi connectivity index (χ4n) is 3.00. The highest BCUT2D eigenvalue weighted by atomic mass is 31.0. The van der Waals surface area contributed by atoms with Gasteiger partial charge in [0.05, 0.1) is 0 Å². The molecule has 1 heteroatoms. The van der Waals surface area contributed by atoms with E-state index in [9.17, 15) is 0 Å². The molecule has 0 aromatic heterocycles. The topological polar surface area (TPSA) is 0 Å². The fourth-order valence-corrected chi connectivity index (χ4v) is 3.98. The molecule has 0 bridgehead atoms. The maximum Gasteiger partial charge on any atom is -0.0122 e. The normalized spacial score (nSPS) is 14.1. The van der Waals surface area contributed by atoms with Gasteiger partial charge in [-0.15, -0.1) is 9.24 Å². The lowest BCUT2D eigenvalue weighted by Crippen LogP contribution is -2.31. The van der Waals surface area contributed by atoms with Gasteiger partial charge in [0, 0.05) is 0 Å². The van der Waals surface area contributed by atoms with Crippen molar-refractivity contribution < 1.29 is 0 Å². The van der Waals surface area contributed by atoms with Crippen LogP contribution in [-0.2, 0) is 0 Å². The van der Waals surface area contributed by atoms with E-state index in [0.717, 1.165) is 5.92 Å². The zero-order valence-corrected chi connectivity index (χ0v) is 13.2. The molecule has 0 spiro atoms. The van der Waals surface area contributed by atoms with E-state index in [1.165, 1.54) is 57.8 Å². The second-order valence-corrected chi connectivity index (χ2v) is 6.48. The van der Waals surface area contributed by atoms with E-state index < -0.39 is 0 Å². The summed E-state index contributed by atoms with van der Waals surface area (Å²) >= 11 is 0. The Labute approximate surface area is 106 Å². The molecule has 0 aliphatic carbocycles. The van der Waals surface area contributed by atoms with Gasteiger partial charge in [-0.05, 0) is 30.3 Å². The maximum absolute atomic E-state index is 3.23. The van der Waals surface area contributed by atoms with E-state index in [1.54, 1.807) is 0 Å². The molecule has 0 saturated carbocycles. The van der Waals surface area contributed by atoms with Gasteiger partial charge in [0.25, 0.3) is 0 Å². The molecule has 0 aromatic carbocycles. The van der Waals surface area contributed by atoms with Crippen LogP contribution in [0.5, 0.6) is 0 Å². The molecule has 0 aromatic rings. The van der Waals surface area contributed by atoms with Crippen molar-refractivity contribution in [1.29, 1.82) is 0 Å². The van der Waals surface area contributed by atoms with Crippen molar-refractivity contribution in [1.82, 2.24) is 0 Å². The molecule has 2 unspecified atom stereocenters. The minimum absolute atomic E-state index is 0.534. The van der Waals surface area contributed by atoms with Crippen molar-refractivity contribution in [2.45, 2.75) is 90.6 Å². The molecule has 0 N–H and O–H groups in total. The summed E-state index contributed by atoms with van der Waals surface area (Å²) in [7, 11) is 3.23. The van der Waals surface area contributed by atoms with Crippen LogP contribution in [0, 0.1) is 5.92 Å². The van der Waals surface area contributed by atoms with Gasteiger partial charge in [0.15, 0.2) is 0 Å². The van der Waals surface area contributed by atoms with Crippen LogP contribution in [0.3, 0.4) is 0 Å². The third-order valence-electron chi connectivity index (χ3n) is 3.89. The molecule has 0 rings (SSSR count). The highest BCUT2D eigenvalue weighted by Crippen LogP contribution is 2.41. The van der Waals surface area contributed by atoms with E-state index in [4.69, 9.17) is 0 Å². The highest BCUT2D eigenvalue weighted by molar-refractivity contribution is 7.19. The van der Waals surface area contributed by atoms with Gasteiger partial charge in [0.1, 0.15) is 0 Å². The van der Waals surface area contributed by atoms with E-state index in [0.29, 0.717) is 5.16 Å². The molecule has 0 saturated heterocycles. The molecule has 0 aliphatic heterocycles. The van der Waals surface area contributed by atoms with E-state index >= 15 is 0 Å². The van der Waals surface area contributed by atoms with Crippen molar-refractivity contribution in [2.24, 2.45) is 5.92 Å². The Bertz CT molecular complexity index is 148. The largest absolute Gasteiger partial charge is 0.131 e. The van der Waals surface area contributed by atoms with Gasteiger partial charge in [-0.1, -0.05) is 66.2 Å². The first-order chi connectivity index (χ1) is 7.64. The molecule has 0 fully saturated rings. The average Bonchev–Trinajstić information content (AvgIpc) is 2.25. The number of unbranched alkanes of at least 4 members (excludes halogenated alkanes) is 2. The second kappa shape index (κ2) is 9.46. The summed E-state index contributed by atoms with van der Waals surface area (Å²) in [6.45, 7) is 9.33. The van der Waals surface area contributed by atoms with Gasteiger partial charge < -0.3 is 0 Å². The predicted octanol–water partition coefficient (Wildman–Crippen LogP) is 5.81. The summed E-state index contributed by atoms with van der Waals surface area (Å²) in [6.07, 6.45) is 12.4. The Hall–Kier alpha value is 0.430. The Morgan fingerprint density at radius 2 is 1.44 bits per heavy atom. The third-order valence-corrected chi connectivity index (χ3v) is 4.94. The standard InChI is InChI=1S/C15H33P/c1-5-9-10-11-14(8-4)15(16,12-6-2)13-7-3/h14H,5-13,16H2,1-4H3. The molecule has 98 valence electrons. The third kappa shape index (κ3) is 5.67. The monoisotopic (exact) mass is 244 g/mol.